The van der Waals surface area contributed by atoms with E-state index in [0.717, 1.165) is 5.69 Å². The van der Waals surface area contributed by atoms with Crippen LogP contribution in [-0.4, -0.2) is 9.78 Å². The molecule has 0 bridgehead atoms. The van der Waals surface area contributed by atoms with E-state index >= 15 is 0 Å². The SMILES string of the molecule is C[C@H](N)c1ccnn1C. The number of hydrogen-bond donors (Lipinski definition) is 1. The van der Waals surface area contributed by atoms with Crippen LogP contribution in [0.2, 0.25) is 0 Å². The Bertz CT molecular complexity index is 190. The molecule has 0 aliphatic carbocycles. The summed E-state index contributed by atoms with van der Waals surface area (Å²) in [5.41, 5.74) is 6.66. The van der Waals surface area contributed by atoms with Gasteiger partial charge in [0.2, 0.25) is 0 Å². The van der Waals surface area contributed by atoms with E-state index in [9.17, 15) is 0 Å². The fourth-order valence-corrected chi connectivity index (χ4v) is 0.831. The van der Waals surface area contributed by atoms with E-state index in [-0.39, 0.29) is 6.04 Å². The molecule has 1 aromatic heterocycles. The van der Waals surface area contributed by atoms with Crippen molar-refractivity contribution in [3.05, 3.63) is 18.0 Å². The molecule has 3 heteroatoms. The molecule has 0 amide bonds. The number of nitrogens with two attached hydrogens (primary N) is 1. The summed E-state index contributed by atoms with van der Waals surface area (Å²) in [7, 11) is 1.89. The number of aryl methyl sites for hydroxylation is 1. The van der Waals surface area contributed by atoms with Crippen molar-refractivity contribution in [1.82, 2.24) is 9.78 Å². The molecule has 2 N–H and O–H groups in total. The number of rotatable bonds is 1. The zero-order valence-corrected chi connectivity index (χ0v) is 5.70. The standard InChI is InChI=1S/C6H11N3/c1-5(7)6-3-4-8-9(6)2/h3-5H,7H2,1-2H3/t5-/m0/s1. The summed E-state index contributed by atoms with van der Waals surface area (Å²) in [5.74, 6) is 0. The average molecular weight is 125 g/mol. The smallest absolute Gasteiger partial charge is 0.0545 e. The lowest BCUT2D eigenvalue weighted by molar-refractivity contribution is 0.654. The molecule has 0 aliphatic heterocycles. The van der Waals surface area contributed by atoms with Crippen LogP contribution in [0.1, 0.15) is 18.7 Å². The Morgan fingerprint density at radius 2 is 2.44 bits per heavy atom. The van der Waals surface area contributed by atoms with Gasteiger partial charge in [0.1, 0.15) is 0 Å². The number of hydrogen-bond acceptors (Lipinski definition) is 2. The number of nitrogens with zero attached hydrogens (tertiary/aromatic N) is 2. The van der Waals surface area contributed by atoms with Crippen LogP contribution in [0.4, 0.5) is 0 Å². The fourth-order valence-electron chi connectivity index (χ4n) is 0.831. The summed E-state index contributed by atoms with van der Waals surface area (Å²) in [5, 5.41) is 3.97. The van der Waals surface area contributed by atoms with E-state index in [2.05, 4.69) is 5.10 Å². The van der Waals surface area contributed by atoms with Gasteiger partial charge in [0.15, 0.2) is 0 Å². The molecule has 50 valence electrons. The predicted molar refractivity (Wildman–Crippen MR) is 35.8 cm³/mol. The molecule has 0 saturated heterocycles. The van der Waals surface area contributed by atoms with Crippen LogP contribution in [0.25, 0.3) is 0 Å². The van der Waals surface area contributed by atoms with Crippen molar-refractivity contribution in [2.75, 3.05) is 0 Å². The highest BCUT2D eigenvalue weighted by Gasteiger charge is 2.01. The summed E-state index contributed by atoms with van der Waals surface area (Å²) in [6.45, 7) is 1.94. The summed E-state index contributed by atoms with van der Waals surface area (Å²) in [6, 6.07) is 2.00. The third-order valence-corrected chi connectivity index (χ3v) is 1.33. The first-order chi connectivity index (χ1) is 4.22. The highest BCUT2D eigenvalue weighted by molar-refractivity contribution is 5.03. The van der Waals surface area contributed by atoms with E-state index in [1.54, 1.807) is 10.9 Å². The Morgan fingerprint density at radius 1 is 1.78 bits per heavy atom. The minimum Gasteiger partial charge on any atom is -0.323 e. The van der Waals surface area contributed by atoms with E-state index in [1.807, 2.05) is 20.0 Å². The quantitative estimate of drug-likeness (QED) is 0.591. The average Bonchev–Trinajstić information content (AvgIpc) is 2.13. The van der Waals surface area contributed by atoms with Crippen molar-refractivity contribution in [2.45, 2.75) is 13.0 Å². The van der Waals surface area contributed by atoms with Gasteiger partial charge in [-0.1, -0.05) is 0 Å². The second-order valence-electron chi connectivity index (χ2n) is 2.17. The summed E-state index contributed by atoms with van der Waals surface area (Å²) in [4.78, 5) is 0. The van der Waals surface area contributed by atoms with Crippen LogP contribution in [0.3, 0.4) is 0 Å². The van der Waals surface area contributed by atoms with E-state index in [4.69, 9.17) is 5.73 Å². The molecule has 0 unspecified atom stereocenters. The summed E-state index contributed by atoms with van der Waals surface area (Å²) >= 11 is 0. The molecular formula is C6H11N3. The predicted octanol–water partition coefficient (Wildman–Crippen LogP) is 0.440. The van der Waals surface area contributed by atoms with E-state index < -0.39 is 0 Å². The fraction of sp³-hybridized carbons (Fsp3) is 0.500. The van der Waals surface area contributed by atoms with Crippen molar-refractivity contribution >= 4 is 0 Å². The molecule has 1 atom stereocenters. The van der Waals surface area contributed by atoms with Crippen LogP contribution in [-0.2, 0) is 7.05 Å². The number of aromatic nitrogens is 2. The highest BCUT2D eigenvalue weighted by atomic mass is 15.3. The molecule has 0 radical (unpaired) electrons. The lowest BCUT2D eigenvalue weighted by Crippen LogP contribution is -2.10. The van der Waals surface area contributed by atoms with Gasteiger partial charge >= 0.3 is 0 Å². The summed E-state index contributed by atoms with van der Waals surface area (Å²) in [6.07, 6.45) is 1.75. The molecule has 1 aromatic rings. The zero-order valence-electron chi connectivity index (χ0n) is 5.70. The lowest BCUT2D eigenvalue weighted by Gasteiger charge is -2.03. The third kappa shape index (κ3) is 1.10. The van der Waals surface area contributed by atoms with E-state index in [0.29, 0.717) is 0 Å². The minimum atomic E-state index is 0.0810. The second kappa shape index (κ2) is 2.19. The Kier molecular flexibility index (Phi) is 1.53. The third-order valence-electron chi connectivity index (χ3n) is 1.33. The molecule has 0 spiro atoms. The van der Waals surface area contributed by atoms with Crippen molar-refractivity contribution in [2.24, 2.45) is 12.8 Å². The van der Waals surface area contributed by atoms with E-state index in [1.165, 1.54) is 0 Å². The van der Waals surface area contributed by atoms with Gasteiger partial charge in [-0.25, -0.2) is 0 Å². The van der Waals surface area contributed by atoms with Crippen LogP contribution in [0.15, 0.2) is 12.3 Å². The molecule has 1 heterocycles. The minimum absolute atomic E-state index is 0.0810. The molecule has 0 aromatic carbocycles. The van der Waals surface area contributed by atoms with Crippen molar-refractivity contribution < 1.29 is 0 Å². The molecule has 0 saturated carbocycles. The van der Waals surface area contributed by atoms with Crippen LogP contribution >= 0.6 is 0 Å². The monoisotopic (exact) mass is 125 g/mol. The van der Waals surface area contributed by atoms with Gasteiger partial charge in [-0.3, -0.25) is 4.68 Å². The van der Waals surface area contributed by atoms with Gasteiger partial charge in [0.05, 0.1) is 5.69 Å². The topological polar surface area (TPSA) is 43.8 Å². The maximum atomic E-state index is 5.60. The van der Waals surface area contributed by atoms with Gasteiger partial charge < -0.3 is 5.73 Å². The van der Waals surface area contributed by atoms with Gasteiger partial charge in [0, 0.05) is 19.3 Å². The van der Waals surface area contributed by atoms with Gasteiger partial charge in [-0.15, -0.1) is 0 Å². The first-order valence-electron chi connectivity index (χ1n) is 2.95. The lowest BCUT2D eigenvalue weighted by atomic mass is 10.2. The molecule has 9 heavy (non-hydrogen) atoms. The molecule has 3 nitrogen and oxygen atoms in total. The molecule has 0 fully saturated rings. The van der Waals surface area contributed by atoms with Crippen molar-refractivity contribution in [3.63, 3.8) is 0 Å². The van der Waals surface area contributed by atoms with Crippen LogP contribution < -0.4 is 5.73 Å². The second-order valence-corrected chi connectivity index (χ2v) is 2.17. The highest BCUT2D eigenvalue weighted by Crippen LogP contribution is 2.05. The first kappa shape index (κ1) is 6.29. The van der Waals surface area contributed by atoms with Crippen LogP contribution in [0.5, 0.6) is 0 Å². The Labute approximate surface area is 54.5 Å². The van der Waals surface area contributed by atoms with Crippen molar-refractivity contribution in [1.29, 1.82) is 0 Å². The maximum absolute atomic E-state index is 5.60. The van der Waals surface area contributed by atoms with Crippen molar-refractivity contribution in [3.8, 4) is 0 Å². The van der Waals surface area contributed by atoms with Gasteiger partial charge in [-0.05, 0) is 13.0 Å². The first-order valence-corrected chi connectivity index (χ1v) is 2.95. The Hall–Kier alpha value is -0.830. The molecular weight excluding hydrogens is 114 g/mol. The Balaban J connectivity index is 2.94. The largest absolute Gasteiger partial charge is 0.323 e. The van der Waals surface area contributed by atoms with Crippen LogP contribution in [0, 0.1) is 0 Å². The zero-order chi connectivity index (χ0) is 6.85. The van der Waals surface area contributed by atoms with Gasteiger partial charge in [0.25, 0.3) is 0 Å². The normalized spacial score (nSPS) is 13.7. The van der Waals surface area contributed by atoms with Gasteiger partial charge in [-0.2, -0.15) is 5.10 Å². The molecule has 0 aliphatic rings. The summed E-state index contributed by atoms with van der Waals surface area (Å²) < 4.78 is 1.78. The maximum Gasteiger partial charge on any atom is 0.0545 e. The molecule has 1 rings (SSSR count). The Morgan fingerprint density at radius 3 is 2.67 bits per heavy atom.